The summed E-state index contributed by atoms with van der Waals surface area (Å²) in [5.41, 5.74) is 1.44. The molecule has 1 aromatic carbocycles. The van der Waals surface area contributed by atoms with Crippen molar-refractivity contribution in [1.82, 2.24) is 15.1 Å². The fraction of sp³-hybridized carbons (Fsp3) is 0.636. The van der Waals surface area contributed by atoms with Gasteiger partial charge in [0.15, 0.2) is 5.96 Å². The maximum atomic E-state index is 12.2. The highest BCUT2D eigenvalue weighted by atomic mass is 16.2. The van der Waals surface area contributed by atoms with Crippen LogP contribution >= 0.6 is 0 Å². The standard InChI is InChI=1S/C22H34N4O/c1-2-23-22(24-13-10-21(27)25-14-6-7-15-25)26-16-11-20(12-17-26)18-19-8-4-3-5-9-19/h3-5,8-9,20H,2,6-7,10-18H2,1H3,(H,23,24). The van der Waals surface area contributed by atoms with Crippen molar-refractivity contribution in [2.75, 3.05) is 39.3 Å². The number of hydrogen-bond donors (Lipinski definition) is 1. The third-order valence-electron chi connectivity index (χ3n) is 5.66. The lowest BCUT2D eigenvalue weighted by molar-refractivity contribution is -0.129. The van der Waals surface area contributed by atoms with Crippen LogP contribution in [0, 0.1) is 5.92 Å². The number of carbonyl (C=O) groups excluding carboxylic acids is 1. The van der Waals surface area contributed by atoms with Crippen LogP contribution in [0.5, 0.6) is 0 Å². The number of piperidine rings is 1. The molecule has 0 aliphatic carbocycles. The first-order chi connectivity index (χ1) is 13.3. The summed E-state index contributed by atoms with van der Waals surface area (Å²) < 4.78 is 0. The Morgan fingerprint density at radius 2 is 1.78 bits per heavy atom. The quantitative estimate of drug-likeness (QED) is 0.619. The predicted octanol–water partition coefficient (Wildman–Crippen LogP) is 2.92. The van der Waals surface area contributed by atoms with E-state index in [0.29, 0.717) is 13.0 Å². The van der Waals surface area contributed by atoms with Gasteiger partial charge in [-0.2, -0.15) is 0 Å². The number of rotatable bonds is 6. The molecular weight excluding hydrogens is 336 g/mol. The zero-order valence-corrected chi connectivity index (χ0v) is 16.7. The number of amides is 1. The van der Waals surface area contributed by atoms with Gasteiger partial charge in [0.05, 0.1) is 6.54 Å². The highest BCUT2D eigenvalue weighted by molar-refractivity contribution is 5.81. The first kappa shape index (κ1) is 19.7. The molecule has 0 radical (unpaired) electrons. The molecule has 2 heterocycles. The van der Waals surface area contributed by atoms with E-state index in [9.17, 15) is 4.79 Å². The molecule has 0 saturated carbocycles. The molecule has 1 N–H and O–H groups in total. The largest absolute Gasteiger partial charge is 0.357 e. The maximum Gasteiger partial charge on any atom is 0.224 e. The molecule has 1 aromatic rings. The van der Waals surface area contributed by atoms with Crippen LogP contribution in [0.1, 0.15) is 44.6 Å². The van der Waals surface area contributed by atoms with Crippen molar-refractivity contribution < 1.29 is 4.79 Å². The molecule has 148 valence electrons. The minimum Gasteiger partial charge on any atom is -0.357 e. The van der Waals surface area contributed by atoms with E-state index in [1.807, 2.05) is 4.90 Å². The van der Waals surface area contributed by atoms with Crippen LogP contribution in [0.4, 0.5) is 0 Å². The van der Waals surface area contributed by atoms with E-state index in [4.69, 9.17) is 4.99 Å². The summed E-state index contributed by atoms with van der Waals surface area (Å²) in [6, 6.07) is 10.8. The molecule has 0 aromatic heterocycles. The molecule has 3 rings (SSSR count). The second-order valence-electron chi connectivity index (χ2n) is 7.69. The Morgan fingerprint density at radius 1 is 1.07 bits per heavy atom. The number of carbonyl (C=O) groups is 1. The summed E-state index contributed by atoms with van der Waals surface area (Å²) in [6.45, 7) is 7.50. The lowest BCUT2D eigenvalue weighted by Gasteiger charge is -2.34. The number of benzene rings is 1. The van der Waals surface area contributed by atoms with Crippen LogP contribution in [0.2, 0.25) is 0 Å². The van der Waals surface area contributed by atoms with Gasteiger partial charge >= 0.3 is 0 Å². The lowest BCUT2D eigenvalue weighted by Crippen LogP contribution is -2.46. The van der Waals surface area contributed by atoms with Crippen LogP contribution in [0.25, 0.3) is 0 Å². The van der Waals surface area contributed by atoms with Crippen LogP contribution in [-0.2, 0) is 11.2 Å². The Morgan fingerprint density at radius 3 is 2.44 bits per heavy atom. The van der Waals surface area contributed by atoms with E-state index in [2.05, 4.69) is 47.5 Å². The van der Waals surface area contributed by atoms with Gasteiger partial charge in [0, 0.05) is 39.1 Å². The first-order valence-corrected chi connectivity index (χ1v) is 10.6. The van der Waals surface area contributed by atoms with Gasteiger partial charge in [-0.1, -0.05) is 30.3 Å². The van der Waals surface area contributed by atoms with Gasteiger partial charge in [-0.3, -0.25) is 9.79 Å². The molecule has 0 atom stereocenters. The number of guanidine groups is 1. The molecule has 27 heavy (non-hydrogen) atoms. The smallest absolute Gasteiger partial charge is 0.224 e. The number of nitrogens with zero attached hydrogens (tertiary/aromatic N) is 3. The number of aliphatic imine (C=N–C) groups is 1. The number of likely N-dealkylation sites (tertiary alicyclic amines) is 2. The fourth-order valence-corrected chi connectivity index (χ4v) is 4.10. The molecule has 0 bridgehead atoms. The summed E-state index contributed by atoms with van der Waals surface area (Å²) in [5, 5.41) is 3.41. The zero-order valence-electron chi connectivity index (χ0n) is 16.7. The lowest BCUT2D eigenvalue weighted by atomic mass is 9.90. The van der Waals surface area contributed by atoms with Crippen LogP contribution in [0.3, 0.4) is 0 Å². The Labute approximate surface area is 163 Å². The van der Waals surface area contributed by atoms with Crippen molar-refractivity contribution in [3.63, 3.8) is 0 Å². The van der Waals surface area contributed by atoms with Crippen molar-refractivity contribution in [2.24, 2.45) is 10.9 Å². The van der Waals surface area contributed by atoms with Crippen molar-refractivity contribution in [2.45, 2.75) is 45.4 Å². The topological polar surface area (TPSA) is 47.9 Å². The van der Waals surface area contributed by atoms with E-state index in [0.717, 1.165) is 57.4 Å². The second-order valence-corrected chi connectivity index (χ2v) is 7.69. The molecule has 2 aliphatic heterocycles. The Hall–Kier alpha value is -2.04. The number of nitrogens with one attached hydrogen (secondary N) is 1. The van der Waals surface area contributed by atoms with Crippen molar-refractivity contribution in [1.29, 1.82) is 0 Å². The van der Waals surface area contributed by atoms with E-state index in [1.165, 1.54) is 24.8 Å². The van der Waals surface area contributed by atoms with Gasteiger partial charge in [-0.25, -0.2) is 0 Å². The van der Waals surface area contributed by atoms with Gasteiger partial charge in [0.2, 0.25) is 5.91 Å². The molecule has 5 nitrogen and oxygen atoms in total. The van der Waals surface area contributed by atoms with E-state index < -0.39 is 0 Å². The van der Waals surface area contributed by atoms with E-state index >= 15 is 0 Å². The Bertz CT molecular complexity index is 602. The Balaban J connectivity index is 1.46. The van der Waals surface area contributed by atoms with Gasteiger partial charge in [0.25, 0.3) is 0 Å². The second kappa shape index (κ2) is 10.3. The summed E-state index contributed by atoms with van der Waals surface area (Å²) in [4.78, 5) is 21.3. The molecule has 2 fully saturated rings. The Kier molecular flexibility index (Phi) is 7.55. The molecular formula is C22H34N4O. The number of hydrogen-bond acceptors (Lipinski definition) is 2. The summed E-state index contributed by atoms with van der Waals surface area (Å²) >= 11 is 0. The van der Waals surface area contributed by atoms with Gasteiger partial charge in [-0.15, -0.1) is 0 Å². The van der Waals surface area contributed by atoms with Crippen molar-refractivity contribution in [3.8, 4) is 0 Å². The van der Waals surface area contributed by atoms with Crippen molar-refractivity contribution in [3.05, 3.63) is 35.9 Å². The zero-order chi connectivity index (χ0) is 18.9. The molecule has 1 amide bonds. The fourth-order valence-electron chi connectivity index (χ4n) is 4.10. The van der Waals surface area contributed by atoms with Gasteiger partial charge < -0.3 is 15.1 Å². The monoisotopic (exact) mass is 370 g/mol. The molecule has 5 heteroatoms. The van der Waals surface area contributed by atoms with E-state index in [1.54, 1.807) is 0 Å². The average molecular weight is 371 g/mol. The molecule has 0 unspecified atom stereocenters. The maximum absolute atomic E-state index is 12.2. The summed E-state index contributed by atoms with van der Waals surface area (Å²) in [6.07, 6.45) is 6.40. The predicted molar refractivity (Wildman–Crippen MR) is 111 cm³/mol. The average Bonchev–Trinajstić information content (AvgIpc) is 3.24. The highest BCUT2D eigenvalue weighted by Gasteiger charge is 2.22. The summed E-state index contributed by atoms with van der Waals surface area (Å²) in [7, 11) is 0. The first-order valence-electron chi connectivity index (χ1n) is 10.6. The highest BCUT2D eigenvalue weighted by Crippen LogP contribution is 2.21. The SMILES string of the molecule is CCNC(=NCCC(=O)N1CCCC1)N1CCC(Cc2ccccc2)CC1. The van der Waals surface area contributed by atoms with E-state index in [-0.39, 0.29) is 5.91 Å². The third-order valence-corrected chi connectivity index (χ3v) is 5.66. The molecule has 2 aliphatic rings. The summed E-state index contributed by atoms with van der Waals surface area (Å²) in [5.74, 6) is 1.99. The normalized spacial score (nSPS) is 18.8. The third kappa shape index (κ3) is 5.98. The van der Waals surface area contributed by atoms with Gasteiger partial charge in [-0.05, 0) is 50.5 Å². The minimum absolute atomic E-state index is 0.258. The van der Waals surface area contributed by atoms with Crippen LogP contribution < -0.4 is 5.32 Å². The van der Waals surface area contributed by atoms with Crippen molar-refractivity contribution >= 4 is 11.9 Å². The minimum atomic E-state index is 0.258. The molecule has 0 spiro atoms. The van der Waals surface area contributed by atoms with Crippen LogP contribution in [-0.4, -0.2) is 60.9 Å². The van der Waals surface area contributed by atoms with Gasteiger partial charge in [0.1, 0.15) is 0 Å². The molecule has 2 saturated heterocycles. The van der Waals surface area contributed by atoms with Crippen LogP contribution in [0.15, 0.2) is 35.3 Å².